The molecule has 0 radical (unpaired) electrons. The van der Waals surface area contributed by atoms with E-state index in [-0.39, 0.29) is 31.1 Å². The van der Waals surface area contributed by atoms with E-state index in [9.17, 15) is 9.59 Å². The normalized spacial score (nSPS) is 14.3. The average Bonchev–Trinajstić information content (AvgIpc) is 3.31. The lowest BCUT2D eigenvalue weighted by atomic mass is 10.2. The fraction of sp³-hybridized carbons (Fsp3) is 0.435. The van der Waals surface area contributed by atoms with Gasteiger partial charge in [0.15, 0.2) is 0 Å². The van der Waals surface area contributed by atoms with E-state index >= 15 is 0 Å². The molecule has 3 rings (SSSR count). The Labute approximate surface area is 182 Å². The lowest BCUT2D eigenvalue weighted by molar-refractivity contribution is -0.134. The Morgan fingerprint density at radius 1 is 1.03 bits per heavy atom. The number of benzene rings is 1. The molecule has 0 aliphatic carbocycles. The van der Waals surface area contributed by atoms with Crippen molar-refractivity contribution >= 4 is 28.8 Å². The Morgan fingerprint density at radius 3 is 2.47 bits per heavy atom. The molecule has 30 heavy (non-hydrogen) atoms. The van der Waals surface area contributed by atoms with Gasteiger partial charge in [0.1, 0.15) is 0 Å². The van der Waals surface area contributed by atoms with E-state index in [2.05, 4.69) is 28.5 Å². The molecule has 0 saturated carbocycles. The van der Waals surface area contributed by atoms with E-state index in [0.29, 0.717) is 19.6 Å². The van der Waals surface area contributed by atoms with Gasteiger partial charge in [0.25, 0.3) is 0 Å². The van der Waals surface area contributed by atoms with Crippen LogP contribution >= 0.6 is 11.3 Å². The number of carbonyl (C=O) groups excluding carboxylic acids is 2. The van der Waals surface area contributed by atoms with Gasteiger partial charge in [-0.1, -0.05) is 24.3 Å². The molecule has 1 aromatic carbocycles. The van der Waals surface area contributed by atoms with Crippen molar-refractivity contribution in [2.24, 2.45) is 0 Å². The molecule has 6 nitrogen and oxygen atoms in total. The fourth-order valence-electron chi connectivity index (χ4n) is 3.62. The number of piperazine rings is 1. The average molecular weight is 425 g/mol. The number of carbonyl (C=O) groups is 2. The van der Waals surface area contributed by atoms with Crippen LogP contribution in [0.2, 0.25) is 0 Å². The topological polar surface area (TPSA) is 67.6 Å². The maximum Gasteiger partial charge on any atom is 0.227 e. The van der Waals surface area contributed by atoms with Crippen LogP contribution in [0.1, 0.15) is 24.1 Å². The van der Waals surface area contributed by atoms with Crippen LogP contribution in [-0.2, 0) is 16.0 Å². The van der Waals surface area contributed by atoms with Gasteiger partial charge in [-0.15, -0.1) is 11.3 Å². The molecule has 7 heteroatoms. The van der Waals surface area contributed by atoms with E-state index in [4.69, 9.17) is 5.26 Å². The first-order valence-electron chi connectivity index (χ1n) is 10.4. The van der Waals surface area contributed by atoms with E-state index < -0.39 is 0 Å². The summed E-state index contributed by atoms with van der Waals surface area (Å²) < 4.78 is 0. The smallest absolute Gasteiger partial charge is 0.227 e. The van der Waals surface area contributed by atoms with Gasteiger partial charge in [-0.25, -0.2) is 0 Å². The summed E-state index contributed by atoms with van der Waals surface area (Å²) in [5, 5.41) is 11.0. The zero-order valence-corrected chi connectivity index (χ0v) is 18.0. The monoisotopic (exact) mass is 424 g/mol. The van der Waals surface area contributed by atoms with Crippen molar-refractivity contribution in [1.29, 1.82) is 5.26 Å². The molecular formula is C23H28N4O2S. The highest BCUT2D eigenvalue weighted by atomic mass is 32.1. The summed E-state index contributed by atoms with van der Waals surface area (Å²) in [6.07, 6.45) is 1.70. The molecule has 0 spiro atoms. The van der Waals surface area contributed by atoms with Crippen molar-refractivity contribution in [1.82, 2.24) is 9.80 Å². The maximum atomic E-state index is 12.7. The summed E-state index contributed by atoms with van der Waals surface area (Å²) >= 11 is 1.79. The zero-order chi connectivity index (χ0) is 21.2. The third-order valence-electron chi connectivity index (χ3n) is 5.35. The number of amides is 2. The van der Waals surface area contributed by atoms with Crippen molar-refractivity contribution < 1.29 is 9.59 Å². The third kappa shape index (κ3) is 6.41. The van der Waals surface area contributed by atoms with Gasteiger partial charge in [-0.05, 0) is 30.0 Å². The van der Waals surface area contributed by atoms with Crippen LogP contribution in [-0.4, -0.2) is 60.9 Å². The molecule has 1 aliphatic heterocycles. The van der Waals surface area contributed by atoms with Crippen LogP contribution in [0.15, 0.2) is 47.8 Å². The Balaban J connectivity index is 1.43. The van der Waals surface area contributed by atoms with Crippen molar-refractivity contribution in [2.45, 2.75) is 25.7 Å². The summed E-state index contributed by atoms with van der Waals surface area (Å²) in [4.78, 5) is 32.6. The molecule has 2 amide bonds. The number of hydrogen-bond donors (Lipinski definition) is 0. The first-order valence-corrected chi connectivity index (χ1v) is 11.3. The molecule has 1 saturated heterocycles. The third-order valence-corrected chi connectivity index (χ3v) is 6.28. The van der Waals surface area contributed by atoms with Gasteiger partial charge in [0, 0.05) is 62.7 Å². The summed E-state index contributed by atoms with van der Waals surface area (Å²) in [7, 11) is 0. The number of thiophene rings is 1. The molecule has 0 atom stereocenters. The van der Waals surface area contributed by atoms with Crippen LogP contribution in [0.5, 0.6) is 0 Å². The predicted molar refractivity (Wildman–Crippen MR) is 119 cm³/mol. The minimum absolute atomic E-state index is 0.0366. The highest BCUT2D eigenvalue weighted by Crippen LogP contribution is 2.16. The van der Waals surface area contributed by atoms with Crippen molar-refractivity contribution in [3.05, 3.63) is 52.7 Å². The zero-order valence-electron chi connectivity index (χ0n) is 17.2. The van der Waals surface area contributed by atoms with Crippen LogP contribution in [0.3, 0.4) is 0 Å². The molecule has 0 unspecified atom stereocenters. The van der Waals surface area contributed by atoms with E-state index in [0.717, 1.165) is 31.7 Å². The summed E-state index contributed by atoms with van der Waals surface area (Å²) in [6, 6.07) is 15.7. The Bertz CT molecular complexity index is 840. The molecule has 2 aromatic rings. The molecule has 0 bridgehead atoms. The molecule has 0 N–H and O–H groups in total. The van der Waals surface area contributed by atoms with Gasteiger partial charge < -0.3 is 9.80 Å². The van der Waals surface area contributed by atoms with Gasteiger partial charge in [0.2, 0.25) is 11.8 Å². The standard InChI is InChI=1S/C23H28N4O2S/c24-12-5-13-27(20-6-2-1-3-7-20)23(29)10-9-22(28)26-17-15-25(16-18-26)14-11-21-8-4-19-30-21/h1-4,6-8,19H,5,9-11,13-18H2. The second-order valence-electron chi connectivity index (χ2n) is 7.34. The van der Waals surface area contributed by atoms with Crippen LogP contribution in [0.25, 0.3) is 0 Å². The molecule has 158 valence electrons. The highest BCUT2D eigenvalue weighted by Gasteiger charge is 2.23. The number of hydrogen-bond acceptors (Lipinski definition) is 5. The Hall–Kier alpha value is -2.69. The lowest BCUT2D eigenvalue weighted by Gasteiger charge is -2.34. The molecule has 1 aliphatic rings. The van der Waals surface area contributed by atoms with Crippen molar-refractivity contribution in [2.75, 3.05) is 44.2 Å². The number of nitriles is 1. The van der Waals surface area contributed by atoms with E-state index in [1.165, 1.54) is 4.88 Å². The van der Waals surface area contributed by atoms with Crippen LogP contribution in [0, 0.1) is 11.3 Å². The SMILES string of the molecule is N#CCCN(C(=O)CCC(=O)N1CCN(CCc2cccs2)CC1)c1ccccc1. The number of nitrogens with zero attached hydrogens (tertiary/aromatic N) is 4. The fourth-order valence-corrected chi connectivity index (χ4v) is 4.32. The molecular weight excluding hydrogens is 396 g/mol. The Kier molecular flexibility index (Phi) is 8.42. The maximum absolute atomic E-state index is 12.7. The first kappa shape index (κ1) is 22.0. The summed E-state index contributed by atoms with van der Waals surface area (Å²) in [5.74, 6) is -0.0751. The predicted octanol–water partition coefficient (Wildman–Crippen LogP) is 3.16. The molecule has 1 fully saturated rings. The highest BCUT2D eigenvalue weighted by molar-refractivity contribution is 7.09. The van der Waals surface area contributed by atoms with E-state index in [1.807, 2.05) is 35.2 Å². The minimum Gasteiger partial charge on any atom is -0.340 e. The van der Waals surface area contributed by atoms with Crippen LogP contribution < -0.4 is 4.90 Å². The minimum atomic E-state index is -0.112. The number of anilines is 1. The van der Waals surface area contributed by atoms with Gasteiger partial charge in [-0.2, -0.15) is 5.26 Å². The summed E-state index contributed by atoms with van der Waals surface area (Å²) in [6.45, 7) is 4.55. The second kappa shape index (κ2) is 11.5. The largest absolute Gasteiger partial charge is 0.340 e. The number of rotatable bonds is 9. The summed E-state index contributed by atoms with van der Waals surface area (Å²) in [5.41, 5.74) is 0.768. The molecule has 1 aromatic heterocycles. The molecule has 2 heterocycles. The van der Waals surface area contributed by atoms with Crippen molar-refractivity contribution in [3.63, 3.8) is 0 Å². The van der Waals surface area contributed by atoms with Gasteiger partial charge in [-0.3, -0.25) is 14.5 Å². The Morgan fingerprint density at radius 2 is 1.80 bits per heavy atom. The quantitative estimate of drug-likeness (QED) is 0.620. The first-order chi connectivity index (χ1) is 14.7. The van der Waals surface area contributed by atoms with Crippen LogP contribution in [0.4, 0.5) is 5.69 Å². The number of para-hydroxylation sites is 1. The van der Waals surface area contributed by atoms with Gasteiger partial charge >= 0.3 is 0 Å². The lowest BCUT2D eigenvalue weighted by Crippen LogP contribution is -2.49. The van der Waals surface area contributed by atoms with Gasteiger partial charge in [0.05, 0.1) is 12.5 Å². The second-order valence-corrected chi connectivity index (χ2v) is 8.37. The van der Waals surface area contributed by atoms with Crippen molar-refractivity contribution in [3.8, 4) is 6.07 Å². The van der Waals surface area contributed by atoms with E-state index in [1.54, 1.807) is 16.2 Å².